The van der Waals surface area contributed by atoms with Crippen LogP contribution in [0, 0.1) is 24.0 Å². The molecule has 0 atom stereocenters. The van der Waals surface area contributed by atoms with E-state index in [4.69, 9.17) is 28.9 Å². The van der Waals surface area contributed by atoms with E-state index in [-0.39, 0.29) is 11.7 Å². The number of carbonyl (C=O) groups excluding carboxylic acids is 2. The number of hydrogen-bond acceptors (Lipinski definition) is 7. The van der Waals surface area contributed by atoms with E-state index in [1.54, 1.807) is 45.2 Å². The van der Waals surface area contributed by atoms with Crippen LogP contribution in [0.4, 0.5) is 21.0 Å². The Balaban J connectivity index is 0.000000202. The maximum atomic E-state index is 12.3. The molecule has 52 heavy (non-hydrogen) atoms. The molecule has 4 N–H and O–H groups in total. The number of nitrogens with zero attached hydrogens (tertiary/aromatic N) is 5. The summed E-state index contributed by atoms with van der Waals surface area (Å²) in [5.74, 6) is 0. The van der Waals surface area contributed by atoms with Gasteiger partial charge in [-0.2, -0.15) is 20.2 Å². The van der Waals surface area contributed by atoms with Crippen LogP contribution in [0.2, 0.25) is 10.0 Å². The zero-order valence-electron chi connectivity index (χ0n) is 29.3. The first-order valence-corrected chi connectivity index (χ1v) is 16.8. The number of benzene rings is 4. The summed E-state index contributed by atoms with van der Waals surface area (Å²) in [6.45, 7) is 7.22. The Labute approximate surface area is 311 Å². The molecule has 2 heterocycles. The summed E-state index contributed by atoms with van der Waals surface area (Å²) in [6, 6.07) is 20.7. The third-order valence-corrected chi connectivity index (χ3v) is 8.83. The van der Waals surface area contributed by atoms with Crippen molar-refractivity contribution in [3.8, 4) is 0 Å². The molecule has 4 amide bonds. The molecular weight excluding hydrogens is 703 g/mol. The zero-order chi connectivity index (χ0) is 37.9. The van der Waals surface area contributed by atoms with Crippen molar-refractivity contribution in [2.75, 3.05) is 19.8 Å². The molecule has 14 heteroatoms. The van der Waals surface area contributed by atoms with Gasteiger partial charge in [0.25, 0.3) is 5.69 Å². The van der Waals surface area contributed by atoms with Crippen LogP contribution >= 0.6 is 23.2 Å². The standard InChI is InChI=1S/C19H17ClN4O3.C19H19ClN4O/c1-11-8-14(5-7-17(11)24(26)27)18-16-10-15(20)6-4-13(16)9-12(2)23(22-18)19(25)21-3;1-11-8-14(5-7-17(11)21)18-16-10-15(20)6-4-13(16)9-12(2)24(23-18)19(25)22-3/h4-10H,1-3H3,(H,21,25);4-10H,21H2,1-3H3,(H,22,25). The first kappa shape index (κ1) is 37.3. The Morgan fingerprint density at radius 3 is 1.54 bits per heavy atom. The maximum absolute atomic E-state index is 12.3. The number of fused-ring (bicyclic) bond motifs is 2. The molecule has 0 aliphatic carbocycles. The molecule has 0 saturated heterocycles. The van der Waals surface area contributed by atoms with Gasteiger partial charge in [-0.1, -0.05) is 41.4 Å². The number of aryl methyl sites for hydroxylation is 2. The van der Waals surface area contributed by atoms with Gasteiger partial charge in [-0.15, -0.1) is 0 Å². The number of carbonyl (C=O) groups is 2. The number of urea groups is 2. The van der Waals surface area contributed by atoms with Crippen molar-refractivity contribution >= 4 is 70.2 Å². The van der Waals surface area contributed by atoms with Gasteiger partial charge in [0, 0.05) is 75.1 Å². The zero-order valence-corrected chi connectivity index (χ0v) is 30.8. The fourth-order valence-corrected chi connectivity index (χ4v) is 5.98. The van der Waals surface area contributed by atoms with Crippen LogP contribution < -0.4 is 16.4 Å². The number of hydrazone groups is 2. The largest absolute Gasteiger partial charge is 0.399 e. The van der Waals surface area contributed by atoms with E-state index in [0.717, 1.165) is 33.4 Å². The summed E-state index contributed by atoms with van der Waals surface area (Å²) < 4.78 is 0. The van der Waals surface area contributed by atoms with E-state index >= 15 is 0 Å². The number of nitro groups is 1. The molecule has 0 unspecified atom stereocenters. The number of hydrogen-bond donors (Lipinski definition) is 3. The summed E-state index contributed by atoms with van der Waals surface area (Å²) in [6.07, 6.45) is 3.76. The Morgan fingerprint density at radius 2 is 1.13 bits per heavy atom. The molecule has 2 aliphatic heterocycles. The van der Waals surface area contributed by atoms with E-state index in [9.17, 15) is 19.7 Å². The molecule has 0 aromatic heterocycles. The van der Waals surface area contributed by atoms with Gasteiger partial charge >= 0.3 is 12.1 Å². The van der Waals surface area contributed by atoms with Crippen LogP contribution in [0.15, 0.2) is 94.4 Å². The fourth-order valence-electron chi connectivity index (χ4n) is 5.64. The SMILES string of the molecule is CNC(=O)N1N=C(c2ccc(N)c(C)c2)c2cc(Cl)ccc2C=C1C.CNC(=O)N1N=C(c2ccc([N+](=O)[O-])c(C)c2)c2cc(Cl)ccc2C=C1C. The molecule has 0 saturated carbocycles. The molecule has 266 valence electrons. The molecule has 6 rings (SSSR count). The Morgan fingerprint density at radius 1 is 0.692 bits per heavy atom. The lowest BCUT2D eigenvalue weighted by Crippen LogP contribution is -2.33. The molecule has 4 aromatic rings. The minimum Gasteiger partial charge on any atom is -0.399 e. The van der Waals surface area contributed by atoms with Gasteiger partial charge in [-0.05, 0) is 105 Å². The average molecular weight is 740 g/mol. The predicted octanol–water partition coefficient (Wildman–Crippen LogP) is 8.32. The van der Waals surface area contributed by atoms with Crippen molar-refractivity contribution in [3.05, 3.63) is 149 Å². The monoisotopic (exact) mass is 738 g/mol. The summed E-state index contributed by atoms with van der Waals surface area (Å²) in [5.41, 5.74) is 15.5. The summed E-state index contributed by atoms with van der Waals surface area (Å²) in [4.78, 5) is 35.2. The molecule has 0 fully saturated rings. The number of nitrogen functional groups attached to an aromatic ring is 1. The van der Waals surface area contributed by atoms with Crippen molar-refractivity contribution < 1.29 is 14.5 Å². The molecule has 4 aromatic carbocycles. The number of allylic oxidation sites excluding steroid dienone is 2. The smallest absolute Gasteiger partial charge is 0.342 e. The molecule has 0 radical (unpaired) electrons. The highest BCUT2D eigenvalue weighted by Crippen LogP contribution is 2.30. The summed E-state index contributed by atoms with van der Waals surface area (Å²) in [7, 11) is 3.10. The molecule has 12 nitrogen and oxygen atoms in total. The number of nitrogens with one attached hydrogen (secondary N) is 2. The van der Waals surface area contributed by atoms with E-state index in [0.29, 0.717) is 49.7 Å². The van der Waals surface area contributed by atoms with Gasteiger partial charge in [-0.25, -0.2) is 9.59 Å². The van der Waals surface area contributed by atoms with E-state index in [1.165, 1.54) is 23.1 Å². The van der Waals surface area contributed by atoms with Gasteiger partial charge in [-0.3, -0.25) is 10.1 Å². The second-order valence-electron chi connectivity index (χ2n) is 12.0. The van der Waals surface area contributed by atoms with Crippen molar-refractivity contribution in [1.82, 2.24) is 20.7 Å². The topological polar surface area (TPSA) is 159 Å². The second-order valence-corrected chi connectivity index (χ2v) is 12.9. The van der Waals surface area contributed by atoms with E-state index in [2.05, 4.69) is 20.8 Å². The van der Waals surface area contributed by atoms with Gasteiger partial charge < -0.3 is 16.4 Å². The van der Waals surface area contributed by atoms with E-state index < -0.39 is 11.0 Å². The highest BCUT2D eigenvalue weighted by Gasteiger charge is 2.24. The number of anilines is 1. The third kappa shape index (κ3) is 7.83. The molecular formula is C38H36Cl2N8O4. The van der Waals surface area contributed by atoms with Crippen molar-refractivity contribution in [1.29, 1.82) is 0 Å². The van der Waals surface area contributed by atoms with Crippen LogP contribution in [0.3, 0.4) is 0 Å². The predicted molar refractivity (Wildman–Crippen MR) is 207 cm³/mol. The summed E-state index contributed by atoms with van der Waals surface area (Å²) >= 11 is 12.4. The quantitative estimate of drug-likeness (QED) is 0.109. The van der Waals surface area contributed by atoms with Gasteiger partial charge in [0.1, 0.15) is 0 Å². The van der Waals surface area contributed by atoms with Crippen LogP contribution in [0.1, 0.15) is 58.4 Å². The number of nitrogens with two attached hydrogens (primary N) is 1. The lowest BCUT2D eigenvalue weighted by Gasteiger charge is -2.17. The molecule has 0 spiro atoms. The first-order chi connectivity index (χ1) is 24.7. The number of amides is 4. The van der Waals surface area contributed by atoms with Gasteiger partial charge in [0.15, 0.2) is 0 Å². The summed E-state index contributed by atoms with van der Waals surface area (Å²) in [5, 5.41) is 29.2. The van der Waals surface area contributed by atoms with E-state index in [1.807, 2.05) is 68.5 Å². The number of nitro benzene ring substituents is 1. The second kappa shape index (κ2) is 15.5. The number of halogens is 2. The minimum atomic E-state index is -0.429. The molecule has 2 aliphatic rings. The van der Waals surface area contributed by atoms with Crippen molar-refractivity contribution in [2.24, 2.45) is 10.2 Å². The maximum Gasteiger partial charge on any atom is 0.342 e. The fraction of sp³-hybridized carbons (Fsp3) is 0.158. The van der Waals surface area contributed by atoms with Crippen LogP contribution in [-0.4, -0.2) is 52.5 Å². The van der Waals surface area contributed by atoms with Gasteiger partial charge in [0.05, 0.1) is 16.3 Å². The molecule has 0 bridgehead atoms. The average Bonchev–Trinajstić information content (AvgIpc) is 3.35. The van der Waals surface area contributed by atoms with Crippen LogP contribution in [0.5, 0.6) is 0 Å². The van der Waals surface area contributed by atoms with Crippen LogP contribution in [0.25, 0.3) is 12.2 Å². The van der Waals surface area contributed by atoms with Gasteiger partial charge in [0.2, 0.25) is 0 Å². The highest BCUT2D eigenvalue weighted by molar-refractivity contribution is 6.32. The highest BCUT2D eigenvalue weighted by atomic mass is 35.5. The normalized spacial score (nSPS) is 13.4. The first-order valence-electron chi connectivity index (χ1n) is 16.0. The van der Waals surface area contributed by atoms with Crippen molar-refractivity contribution in [3.63, 3.8) is 0 Å². The lowest BCUT2D eigenvalue weighted by atomic mass is 9.96. The Bertz CT molecular complexity index is 2250. The third-order valence-electron chi connectivity index (χ3n) is 8.36. The Kier molecular flexibility index (Phi) is 11.1. The lowest BCUT2D eigenvalue weighted by molar-refractivity contribution is -0.385. The van der Waals surface area contributed by atoms with Crippen molar-refractivity contribution in [2.45, 2.75) is 27.7 Å². The number of rotatable bonds is 3. The Hall–Kier alpha value is -5.98. The van der Waals surface area contributed by atoms with Crippen LogP contribution in [-0.2, 0) is 0 Å². The minimum absolute atomic E-state index is 0.0248.